The third kappa shape index (κ3) is 1.82. The van der Waals surface area contributed by atoms with E-state index in [1.54, 1.807) is 0 Å². The van der Waals surface area contributed by atoms with Crippen molar-refractivity contribution in [3.63, 3.8) is 0 Å². The van der Waals surface area contributed by atoms with Gasteiger partial charge in [-0.1, -0.05) is 0 Å². The minimum Gasteiger partial charge on any atom is -1.00 e. The van der Waals surface area contributed by atoms with Gasteiger partial charge in [-0.2, -0.15) is 0 Å². The van der Waals surface area contributed by atoms with Crippen LogP contribution in [0.2, 0.25) is 0 Å². The molecule has 0 N–H and O–H groups in total. The fourth-order valence-electron chi connectivity index (χ4n) is 0.767. The van der Waals surface area contributed by atoms with Crippen molar-refractivity contribution in [1.82, 2.24) is 4.90 Å². The lowest BCUT2D eigenvalue weighted by Crippen LogP contribution is -3.00. The Morgan fingerprint density at radius 3 is 2.38 bits per heavy atom. The minimum absolute atomic E-state index is 0. The molecule has 0 fully saturated rings. The van der Waals surface area contributed by atoms with E-state index in [0.29, 0.717) is 0 Å². The van der Waals surface area contributed by atoms with Crippen LogP contribution < -0.4 is 17.0 Å². The molecule has 8 heavy (non-hydrogen) atoms. The summed E-state index contributed by atoms with van der Waals surface area (Å²) in [5.41, 5.74) is 0. The van der Waals surface area contributed by atoms with Crippen LogP contribution in [0.3, 0.4) is 0 Å². The molecular weight excluding hydrogens is 168 g/mol. The first kappa shape index (κ1) is 7.95. The molecule has 0 aromatic rings. The van der Waals surface area contributed by atoms with Gasteiger partial charge in [0.2, 0.25) is 6.34 Å². The van der Waals surface area contributed by atoms with E-state index in [1.807, 2.05) is 0 Å². The van der Waals surface area contributed by atoms with Crippen molar-refractivity contribution in [3.05, 3.63) is 0 Å². The highest BCUT2D eigenvalue weighted by Crippen LogP contribution is 1.83. The molecule has 2 nitrogen and oxygen atoms in total. The molecule has 0 atom stereocenters. The number of rotatable bonds is 0. The van der Waals surface area contributed by atoms with Gasteiger partial charge in [-0.25, -0.2) is 0 Å². The molecule has 0 aliphatic carbocycles. The Bertz CT molecular complexity index is 101. The summed E-state index contributed by atoms with van der Waals surface area (Å²) in [5, 5.41) is 0. The molecule has 1 aliphatic heterocycles. The van der Waals surface area contributed by atoms with Crippen LogP contribution in [0, 0.1) is 0 Å². The fraction of sp³-hybridized carbons (Fsp3) is 0.800. The molecular formula is C5H11BrN2. The second kappa shape index (κ2) is 3.07. The van der Waals surface area contributed by atoms with E-state index < -0.39 is 0 Å². The number of nitrogens with zero attached hydrogens (tertiary/aromatic N) is 2. The smallest absolute Gasteiger partial charge is 0.233 e. The summed E-state index contributed by atoms with van der Waals surface area (Å²) >= 11 is 0. The molecule has 48 valence electrons. The van der Waals surface area contributed by atoms with Gasteiger partial charge in [-0.15, -0.1) is 0 Å². The van der Waals surface area contributed by atoms with Crippen molar-refractivity contribution in [2.75, 3.05) is 27.2 Å². The average Bonchev–Trinajstić information content (AvgIpc) is 1.87. The largest absolute Gasteiger partial charge is 1.00 e. The summed E-state index contributed by atoms with van der Waals surface area (Å²) in [6, 6.07) is 0. The quantitative estimate of drug-likeness (QED) is 0.351. The lowest BCUT2D eigenvalue weighted by atomic mass is 10.6. The molecule has 1 heterocycles. The second-order valence-corrected chi connectivity index (χ2v) is 2.08. The number of hydrogen-bond donors (Lipinski definition) is 0. The number of likely N-dealkylation sites (N-methyl/N-ethyl adjacent to an activating group) is 2. The van der Waals surface area contributed by atoms with Gasteiger partial charge in [0.25, 0.3) is 0 Å². The van der Waals surface area contributed by atoms with Crippen molar-refractivity contribution in [2.24, 2.45) is 0 Å². The molecule has 0 bridgehead atoms. The van der Waals surface area contributed by atoms with Gasteiger partial charge in [-0.3, -0.25) is 9.48 Å². The summed E-state index contributed by atoms with van der Waals surface area (Å²) in [5.74, 6) is 0. The van der Waals surface area contributed by atoms with Crippen LogP contribution >= 0.6 is 0 Å². The summed E-state index contributed by atoms with van der Waals surface area (Å²) in [7, 11) is 4.17. The van der Waals surface area contributed by atoms with Gasteiger partial charge >= 0.3 is 0 Å². The third-order valence-electron chi connectivity index (χ3n) is 1.20. The maximum Gasteiger partial charge on any atom is 0.233 e. The standard InChI is InChI=1S/C5H11N2.BrH/c1-6-3-4-7(2)5-6;/h5H,3-4H2,1-2H3;1H/q+1;/p-1. The van der Waals surface area contributed by atoms with Gasteiger partial charge in [0.05, 0.1) is 14.1 Å². The first-order chi connectivity index (χ1) is 3.29. The number of hydrogen-bond acceptors (Lipinski definition) is 1. The minimum atomic E-state index is 0. The summed E-state index contributed by atoms with van der Waals surface area (Å²) in [6.45, 7) is 2.35. The maximum atomic E-state index is 2.18. The Morgan fingerprint density at radius 1 is 1.62 bits per heavy atom. The monoisotopic (exact) mass is 178 g/mol. The molecule has 0 amide bonds. The van der Waals surface area contributed by atoms with E-state index in [1.165, 1.54) is 13.1 Å². The van der Waals surface area contributed by atoms with Crippen LogP contribution in [-0.2, 0) is 0 Å². The van der Waals surface area contributed by atoms with Gasteiger partial charge in [0.1, 0.15) is 13.1 Å². The van der Waals surface area contributed by atoms with Crippen molar-refractivity contribution in [1.29, 1.82) is 0 Å². The Labute approximate surface area is 60.6 Å². The van der Waals surface area contributed by atoms with Crippen molar-refractivity contribution in [3.8, 4) is 0 Å². The van der Waals surface area contributed by atoms with Crippen LogP contribution in [0.1, 0.15) is 0 Å². The maximum absolute atomic E-state index is 2.18. The first-order valence-electron chi connectivity index (χ1n) is 2.54. The van der Waals surface area contributed by atoms with E-state index in [4.69, 9.17) is 0 Å². The predicted molar refractivity (Wildman–Crippen MR) is 29.7 cm³/mol. The van der Waals surface area contributed by atoms with E-state index in [9.17, 15) is 0 Å². The Balaban J connectivity index is 0.000000490. The lowest BCUT2D eigenvalue weighted by Gasteiger charge is -1.90. The molecule has 0 aromatic heterocycles. The van der Waals surface area contributed by atoms with Crippen molar-refractivity contribution < 1.29 is 21.6 Å². The SMILES string of the molecule is CN1C=[N+](C)CC1.[Br-]. The van der Waals surface area contributed by atoms with Crippen LogP contribution in [0.15, 0.2) is 0 Å². The highest BCUT2D eigenvalue weighted by molar-refractivity contribution is 5.49. The van der Waals surface area contributed by atoms with Crippen LogP contribution in [0.4, 0.5) is 0 Å². The van der Waals surface area contributed by atoms with Gasteiger partial charge in [-0.05, 0) is 0 Å². The van der Waals surface area contributed by atoms with Gasteiger partial charge in [0.15, 0.2) is 0 Å². The average molecular weight is 179 g/mol. The van der Waals surface area contributed by atoms with Gasteiger partial charge in [0, 0.05) is 0 Å². The second-order valence-electron chi connectivity index (χ2n) is 2.08. The van der Waals surface area contributed by atoms with E-state index in [0.717, 1.165) is 0 Å². The van der Waals surface area contributed by atoms with Crippen molar-refractivity contribution >= 4 is 6.34 Å². The topological polar surface area (TPSA) is 6.25 Å². The highest BCUT2D eigenvalue weighted by atomic mass is 79.9. The van der Waals surface area contributed by atoms with E-state index in [2.05, 4.69) is 29.9 Å². The van der Waals surface area contributed by atoms with Crippen molar-refractivity contribution in [2.45, 2.75) is 0 Å². The molecule has 3 heteroatoms. The summed E-state index contributed by atoms with van der Waals surface area (Å²) in [4.78, 5) is 2.18. The van der Waals surface area contributed by atoms with E-state index >= 15 is 0 Å². The highest BCUT2D eigenvalue weighted by Gasteiger charge is 2.08. The Hall–Kier alpha value is -0.0500. The van der Waals surface area contributed by atoms with Crippen LogP contribution in [0.5, 0.6) is 0 Å². The molecule has 0 aromatic carbocycles. The third-order valence-corrected chi connectivity index (χ3v) is 1.20. The molecule has 1 aliphatic rings. The predicted octanol–water partition coefficient (Wildman–Crippen LogP) is -3.39. The molecule has 0 saturated heterocycles. The molecule has 1 rings (SSSR count). The molecule has 0 saturated carbocycles. The number of halogens is 1. The zero-order chi connectivity index (χ0) is 5.28. The summed E-state index contributed by atoms with van der Waals surface area (Å²) < 4.78 is 2.18. The zero-order valence-electron chi connectivity index (χ0n) is 5.26. The molecule has 0 spiro atoms. The molecule has 0 unspecified atom stereocenters. The Morgan fingerprint density at radius 2 is 2.25 bits per heavy atom. The lowest BCUT2D eigenvalue weighted by molar-refractivity contribution is -0.482. The zero-order valence-corrected chi connectivity index (χ0v) is 6.85. The fourth-order valence-corrected chi connectivity index (χ4v) is 0.767. The van der Waals surface area contributed by atoms with Crippen LogP contribution in [-0.4, -0.2) is 43.0 Å². The van der Waals surface area contributed by atoms with Crippen LogP contribution in [0.25, 0.3) is 0 Å². The van der Waals surface area contributed by atoms with Gasteiger partial charge < -0.3 is 17.0 Å². The first-order valence-corrected chi connectivity index (χ1v) is 2.54. The Kier molecular flexibility index (Phi) is 3.05. The molecule has 0 radical (unpaired) electrons. The normalized spacial score (nSPS) is 17.8. The summed E-state index contributed by atoms with van der Waals surface area (Å²) in [6.07, 6.45) is 2.11. The van der Waals surface area contributed by atoms with E-state index in [-0.39, 0.29) is 17.0 Å².